The van der Waals surface area contributed by atoms with Crippen molar-refractivity contribution in [2.24, 2.45) is 5.41 Å². The van der Waals surface area contributed by atoms with Crippen LogP contribution in [0, 0.1) is 16.7 Å². The summed E-state index contributed by atoms with van der Waals surface area (Å²) in [6, 6.07) is 6.86. The summed E-state index contributed by atoms with van der Waals surface area (Å²) in [5.74, 6) is -0.570. The van der Waals surface area contributed by atoms with Gasteiger partial charge in [-0.1, -0.05) is 0 Å². The minimum absolute atomic E-state index is 0.0492. The number of anilines is 1. The molecule has 1 aromatic carbocycles. The highest BCUT2D eigenvalue weighted by atomic mass is 16.5. The van der Waals surface area contributed by atoms with E-state index in [2.05, 4.69) is 6.07 Å². The van der Waals surface area contributed by atoms with Gasteiger partial charge in [0, 0.05) is 5.69 Å². The molecule has 1 aromatic rings. The number of carboxylic acids is 1. The number of carboxylic acid groups (broad SMARTS) is 1. The van der Waals surface area contributed by atoms with Gasteiger partial charge in [-0.05, 0) is 51.3 Å². The number of unbranched alkanes of at least 4 members (excludes halogenated alkanes) is 1. The van der Waals surface area contributed by atoms with Crippen molar-refractivity contribution in [3.05, 3.63) is 23.8 Å². The molecule has 0 atom stereocenters. The molecule has 0 saturated heterocycles. The van der Waals surface area contributed by atoms with Gasteiger partial charge in [0.25, 0.3) is 0 Å². The molecule has 0 amide bonds. The number of benzene rings is 1. The normalized spacial score (nSPS) is 10.8. The number of nitrogens with zero attached hydrogens (tertiary/aromatic N) is 1. The van der Waals surface area contributed by atoms with Crippen molar-refractivity contribution in [2.45, 2.75) is 33.1 Å². The Kier molecular flexibility index (Phi) is 5.39. The van der Waals surface area contributed by atoms with Gasteiger partial charge in [-0.2, -0.15) is 5.26 Å². The highest BCUT2D eigenvalue weighted by molar-refractivity contribution is 5.94. The molecule has 0 bridgehead atoms. The monoisotopic (exact) mass is 276 g/mol. The van der Waals surface area contributed by atoms with E-state index in [1.807, 2.05) is 13.8 Å². The minimum Gasteiger partial charge on any atom is -0.494 e. The highest BCUT2D eigenvalue weighted by Crippen LogP contribution is 2.23. The second-order valence-corrected chi connectivity index (χ2v) is 5.36. The molecule has 0 radical (unpaired) electrons. The quantitative estimate of drug-likeness (QED) is 0.589. The van der Waals surface area contributed by atoms with Gasteiger partial charge < -0.3 is 15.6 Å². The molecule has 1 rings (SSSR count). The van der Waals surface area contributed by atoms with Crippen LogP contribution in [-0.4, -0.2) is 17.7 Å². The van der Waals surface area contributed by atoms with E-state index in [4.69, 9.17) is 20.8 Å². The van der Waals surface area contributed by atoms with Gasteiger partial charge in [-0.25, -0.2) is 4.79 Å². The van der Waals surface area contributed by atoms with Crippen molar-refractivity contribution in [2.75, 3.05) is 12.3 Å². The van der Waals surface area contributed by atoms with Gasteiger partial charge in [-0.15, -0.1) is 0 Å². The molecular weight excluding hydrogens is 256 g/mol. The fraction of sp³-hybridized carbons (Fsp3) is 0.467. The molecular formula is C15H20N2O3. The molecule has 20 heavy (non-hydrogen) atoms. The van der Waals surface area contributed by atoms with E-state index in [0.29, 0.717) is 12.4 Å². The number of nitrogen functional groups attached to an aromatic ring is 1. The number of rotatable bonds is 7. The molecule has 3 N–H and O–H groups in total. The summed E-state index contributed by atoms with van der Waals surface area (Å²) >= 11 is 0. The fourth-order valence-electron chi connectivity index (χ4n) is 1.73. The SMILES string of the molecule is CC(C)(C#N)CCCCOc1ccc(N)c(C(=O)O)c1. The molecule has 0 fully saturated rings. The second-order valence-electron chi connectivity index (χ2n) is 5.36. The van der Waals surface area contributed by atoms with Crippen LogP contribution >= 0.6 is 0 Å². The zero-order valence-electron chi connectivity index (χ0n) is 11.8. The van der Waals surface area contributed by atoms with E-state index in [1.165, 1.54) is 12.1 Å². The van der Waals surface area contributed by atoms with Crippen molar-refractivity contribution >= 4 is 11.7 Å². The summed E-state index contributed by atoms with van der Waals surface area (Å²) in [5.41, 5.74) is 5.53. The van der Waals surface area contributed by atoms with Gasteiger partial charge in [0.15, 0.2) is 0 Å². The van der Waals surface area contributed by atoms with Crippen LogP contribution in [-0.2, 0) is 0 Å². The minimum atomic E-state index is -1.07. The van der Waals surface area contributed by atoms with Crippen molar-refractivity contribution in [1.29, 1.82) is 5.26 Å². The van der Waals surface area contributed by atoms with Crippen molar-refractivity contribution in [1.82, 2.24) is 0 Å². The number of hydrogen-bond acceptors (Lipinski definition) is 4. The first-order chi connectivity index (χ1) is 9.35. The first-order valence-electron chi connectivity index (χ1n) is 6.52. The molecule has 0 heterocycles. The number of nitriles is 1. The standard InChI is InChI=1S/C15H20N2O3/c1-15(2,10-16)7-3-4-8-20-11-5-6-13(17)12(9-11)14(18)19/h5-6,9H,3-4,7-8,17H2,1-2H3,(H,18,19). The first-order valence-corrected chi connectivity index (χ1v) is 6.52. The molecule has 0 aliphatic rings. The Balaban J connectivity index is 2.42. The number of nitrogens with two attached hydrogens (primary N) is 1. The smallest absolute Gasteiger partial charge is 0.337 e. The van der Waals surface area contributed by atoms with Crippen LogP contribution in [0.1, 0.15) is 43.5 Å². The largest absolute Gasteiger partial charge is 0.494 e. The predicted octanol–water partition coefficient (Wildman–Crippen LogP) is 3.07. The van der Waals surface area contributed by atoms with E-state index in [1.54, 1.807) is 6.07 Å². The summed E-state index contributed by atoms with van der Waals surface area (Å²) in [6.07, 6.45) is 2.52. The van der Waals surface area contributed by atoms with Gasteiger partial charge in [0.2, 0.25) is 0 Å². The zero-order valence-corrected chi connectivity index (χ0v) is 11.8. The number of carbonyl (C=O) groups is 1. The van der Waals surface area contributed by atoms with E-state index in [9.17, 15) is 4.79 Å². The third-order valence-corrected chi connectivity index (χ3v) is 3.02. The molecule has 0 unspecified atom stereocenters. The highest BCUT2D eigenvalue weighted by Gasteiger charge is 2.15. The van der Waals surface area contributed by atoms with Crippen LogP contribution in [0.2, 0.25) is 0 Å². The number of hydrogen-bond donors (Lipinski definition) is 2. The summed E-state index contributed by atoms with van der Waals surface area (Å²) in [7, 11) is 0. The lowest BCUT2D eigenvalue weighted by Crippen LogP contribution is -2.08. The van der Waals surface area contributed by atoms with Crippen LogP contribution in [0.15, 0.2) is 18.2 Å². The molecule has 0 aliphatic carbocycles. The van der Waals surface area contributed by atoms with Crippen molar-refractivity contribution in [3.63, 3.8) is 0 Å². The third-order valence-electron chi connectivity index (χ3n) is 3.02. The van der Waals surface area contributed by atoms with Gasteiger partial charge in [-0.3, -0.25) is 0 Å². The second kappa shape index (κ2) is 6.80. The van der Waals surface area contributed by atoms with E-state index in [0.717, 1.165) is 19.3 Å². The van der Waals surface area contributed by atoms with Crippen LogP contribution < -0.4 is 10.5 Å². The summed E-state index contributed by atoms with van der Waals surface area (Å²) < 4.78 is 5.50. The molecule has 0 spiro atoms. The van der Waals surface area contributed by atoms with Crippen LogP contribution in [0.4, 0.5) is 5.69 Å². The third kappa shape index (κ3) is 4.81. The maximum Gasteiger partial charge on any atom is 0.337 e. The average molecular weight is 276 g/mol. The lowest BCUT2D eigenvalue weighted by molar-refractivity contribution is 0.0697. The Bertz CT molecular complexity index is 518. The van der Waals surface area contributed by atoms with Gasteiger partial charge >= 0.3 is 5.97 Å². The molecule has 0 saturated carbocycles. The molecule has 5 heteroatoms. The zero-order chi connectivity index (χ0) is 15.2. The Morgan fingerprint density at radius 2 is 2.15 bits per heavy atom. The Labute approximate surface area is 119 Å². The van der Waals surface area contributed by atoms with Gasteiger partial charge in [0.05, 0.1) is 23.7 Å². The molecule has 0 aliphatic heterocycles. The fourth-order valence-corrected chi connectivity index (χ4v) is 1.73. The summed E-state index contributed by atoms with van der Waals surface area (Å²) in [5, 5.41) is 17.8. The van der Waals surface area contributed by atoms with Crippen LogP contribution in [0.25, 0.3) is 0 Å². The predicted molar refractivity (Wildman–Crippen MR) is 76.6 cm³/mol. The topological polar surface area (TPSA) is 96.3 Å². The molecule has 0 aromatic heterocycles. The molecule has 5 nitrogen and oxygen atoms in total. The van der Waals surface area contributed by atoms with Crippen LogP contribution in [0.3, 0.4) is 0 Å². The summed E-state index contributed by atoms with van der Waals surface area (Å²) in [6.45, 7) is 4.31. The Hall–Kier alpha value is -2.22. The Morgan fingerprint density at radius 1 is 1.45 bits per heavy atom. The first kappa shape index (κ1) is 15.8. The van der Waals surface area contributed by atoms with Crippen LogP contribution in [0.5, 0.6) is 5.75 Å². The van der Waals surface area contributed by atoms with E-state index >= 15 is 0 Å². The van der Waals surface area contributed by atoms with E-state index in [-0.39, 0.29) is 16.7 Å². The average Bonchev–Trinajstić information content (AvgIpc) is 2.39. The van der Waals surface area contributed by atoms with E-state index < -0.39 is 5.97 Å². The van der Waals surface area contributed by atoms with Crippen molar-refractivity contribution in [3.8, 4) is 11.8 Å². The maximum absolute atomic E-state index is 10.9. The maximum atomic E-state index is 10.9. The number of ether oxygens (including phenoxy) is 1. The van der Waals surface area contributed by atoms with Gasteiger partial charge in [0.1, 0.15) is 5.75 Å². The Morgan fingerprint density at radius 3 is 2.75 bits per heavy atom. The lowest BCUT2D eigenvalue weighted by atomic mass is 9.89. The van der Waals surface area contributed by atoms with Crippen molar-refractivity contribution < 1.29 is 14.6 Å². The summed E-state index contributed by atoms with van der Waals surface area (Å²) in [4.78, 5) is 10.9. The number of aromatic carboxylic acids is 1. The lowest BCUT2D eigenvalue weighted by Gasteiger charge is -2.14. The molecule has 108 valence electrons.